The predicted octanol–water partition coefficient (Wildman–Crippen LogP) is 17.4. The lowest BCUT2D eigenvalue weighted by molar-refractivity contribution is 0.0863. The van der Waals surface area contributed by atoms with Crippen molar-refractivity contribution in [3.8, 4) is 11.1 Å². The summed E-state index contributed by atoms with van der Waals surface area (Å²) in [6.45, 7) is 32.9. The minimum Gasteiger partial charge on any atom is -0.468 e. The van der Waals surface area contributed by atoms with Crippen LogP contribution in [0.5, 0.6) is 0 Å². The summed E-state index contributed by atoms with van der Waals surface area (Å²) in [5.74, 6) is 0. The number of fused-ring (bicyclic) bond motifs is 8. The van der Waals surface area contributed by atoms with E-state index in [4.69, 9.17) is 4.42 Å². The number of rotatable bonds is 4. The first-order chi connectivity index (χ1) is 34.9. The van der Waals surface area contributed by atoms with Gasteiger partial charge in [-0.2, -0.15) is 0 Å². The molecule has 74 heavy (non-hydrogen) atoms. The number of benzene rings is 7. The zero-order valence-corrected chi connectivity index (χ0v) is 46.7. The molecule has 4 aliphatic rings. The Morgan fingerprint density at radius 2 is 1.01 bits per heavy atom. The van der Waals surface area contributed by atoms with Crippen LogP contribution in [0.15, 0.2) is 150 Å². The van der Waals surface area contributed by atoms with Crippen molar-refractivity contribution in [2.24, 2.45) is 5.41 Å². The molecule has 0 radical (unpaired) electrons. The van der Waals surface area contributed by atoms with E-state index in [0.717, 1.165) is 46.5 Å². The molecule has 1 aliphatic carbocycles. The summed E-state index contributed by atoms with van der Waals surface area (Å²) in [6, 6.07) is 56.7. The normalized spacial score (nSPS) is 19.5. The highest BCUT2D eigenvalue weighted by molar-refractivity contribution is 7.00. The van der Waals surface area contributed by atoms with Gasteiger partial charge in [0, 0.05) is 50.7 Å². The zero-order chi connectivity index (χ0) is 52.1. The van der Waals surface area contributed by atoms with E-state index in [9.17, 15) is 0 Å². The van der Waals surface area contributed by atoms with Gasteiger partial charge in [0.15, 0.2) is 0 Å². The summed E-state index contributed by atoms with van der Waals surface area (Å²) in [5, 5.41) is 1.15. The highest BCUT2D eigenvalue weighted by atomic mass is 16.3. The fourth-order valence-corrected chi connectivity index (χ4v) is 13.4. The molecule has 1 fully saturated rings. The smallest absolute Gasteiger partial charge is 0.297 e. The van der Waals surface area contributed by atoms with Crippen molar-refractivity contribution in [1.82, 2.24) is 0 Å². The van der Waals surface area contributed by atoms with Crippen LogP contribution in [-0.4, -0.2) is 12.3 Å². The molecular weight excluding hydrogens is 898 g/mol. The summed E-state index contributed by atoms with van der Waals surface area (Å²) in [4.78, 5) is 8.03. The van der Waals surface area contributed by atoms with Crippen LogP contribution < -0.4 is 31.3 Å². The standard InChI is InChI=1S/C69H76BN3O/c1-64(2,3)47-23-29-51(30-24-47)71-57-34-27-50(67(10,11)12)40-55(57)70-61-58(71)41-53(73-56-33-22-45(44-20-16-15-17-21-44)38-46(56)43-68(13)36-18-19-37-69(68,73)14)42-59(61)72(52-31-25-48(26-32-52)65(4,5)6)62-54-39-49(66(7,8)9)28-35-60(54)74-63(62)70/h15-17,20-35,38-42H,18-19,36-37,43H2,1-14H3. The lowest BCUT2D eigenvalue weighted by atomic mass is 9.35. The number of nitrogens with zero attached hydrogens (tertiary/aromatic N) is 3. The molecule has 0 N–H and O–H groups in total. The van der Waals surface area contributed by atoms with Crippen LogP contribution in [0, 0.1) is 5.41 Å². The monoisotopic (exact) mass is 974 g/mol. The Morgan fingerprint density at radius 3 is 1.64 bits per heavy atom. The maximum absolute atomic E-state index is 7.48. The molecule has 376 valence electrons. The molecule has 0 bridgehead atoms. The van der Waals surface area contributed by atoms with Crippen LogP contribution in [0.4, 0.5) is 45.5 Å². The van der Waals surface area contributed by atoms with Crippen LogP contribution in [0.25, 0.3) is 22.1 Å². The largest absolute Gasteiger partial charge is 0.468 e. The average molecular weight is 974 g/mol. The van der Waals surface area contributed by atoms with Crippen LogP contribution in [-0.2, 0) is 28.1 Å². The fraction of sp³-hybridized carbons (Fsp3) is 0.362. The molecule has 3 aliphatic heterocycles. The van der Waals surface area contributed by atoms with Gasteiger partial charge in [-0.3, -0.25) is 0 Å². The van der Waals surface area contributed by atoms with Crippen molar-refractivity contribution < 1.29 is 4.42 Å². The second kappa shape index (κ2) is 16.5. The van der Waals surface area contributed by atoms with Gasteiger partial charge in [-0.05, 0) is 170 Å². The minimum absolute atomic E-state index is 0.00133. The lowest BCUT2D eigenvalue weighted by Gasteiger charge is -2.60. The van der Waals surface area contributed by atoms with Crippen molar-refractivity contribution in [2.75, 3.05) is 14.7 Å². The first-order valence-corrected chi connectivity index (χ1v) is 27.6. The van der Waals surface area contributed by atoms with E-state index in [2.05, 4.69) is 257 Å². The van der Waals surface area contributed by atoms with Crippen LogP contribution in [0.2, 0.25) is 0 Å². The van der Waals surface area contributed by atoms with Crippen molar-refractivity contribution in [3.05, 3.63) is 173 Å². The van der Waals surface area contributed by atoms with Gasteiger partial charge in [0.2, 0.25) is 0 Å². The molecule has 1 aromatic heterocycles. The van der Waals surface area contributed by atoms with E-state index in [1.165, 1.54) is 97.6 Å². The number of anilines is 8. The zero-order valence-electron chi connectivity index (χ0n) is 46.7. The second-order valence-electron chi connectivity index (χ2n) is 27.2. The summed E-state index contributed by atoms with van der Waals surface area (Å²) in [7, 11) is 0. The summed E-state index contributed by atoms with van der Waals surface area (Å²) in [6.07, 6.45) is 5.83. The minimum atomic E-state index is -0.167. The molecule has 5 heteroatoms. The highest BCUT2D eigenvalue weighted by Gasteiger charge is 2.55. The van der Waals surface area contributed by atoms with Gasteiger partial charge >= 0.3 is 0 Å². The number of furan rings is 1. The van der Waals surface area contributed by atoms with E-state index < -0.39 is 0 Å². The van der Waals surface area contributed by atoms with E-state index >= 15 is 0 Å². The third-order valence-electron chi connectivity index (χ3n) is 18.1. The summed E-state index contributed by atoms with van der Waals surface area (Å²) in [5.41, 5.74) is 23.1. The van der Waals surface area contributed by atoms with Gasteiger partial charge in [-0.15, -0.1) is 0 Å². The Morgan fingerprint density at radius 1 is 0.473 bits per heavy atom. The van der Waals surface area contributed by atoms with Gasteiger partial charge in [0.05, 0.1) is 11.3 Å². The first kappa shape index (κ1) is 48.5. The SMILES string of the molecule is CC(C)(C)c1ccc(N2c3ccc(C(C)(C)C)cc3B3c4oc5ccc(C(C)(C)C)cc5c4N(c4ccc(C(C)(C)C)cc4)c4cc(N5c6ccc(-c7ccccc7)cc6CC6(C)CCCCC56C)cc2c43)cc1. The Balaban J connectivity index is 1.21. The third-order valence-corrected chi connectivity index (χ3v) is 18.1. The molecule has 7 aromatic carbocycles. The molecular formula is C69H76BN3O. The molecule has 2 atom stereocenters. The Bertz CT molecular complexity index is 3500. The predicted molar refractivity (Wildman–Crippen MR) is 318 cm³/mol. The fourth-order valence-electron chi connectivity index (χ4n) is 13.4. The van der Waals surface area contributed by atoms with E-state index in [-0.39, 0.29) is 39.3 Å². The average Bonchev–Trinajstić information content (AvgIpc) is 3.73. The molecule has 4 heterocycles. The van der Waals surface area contributed by atoms with Gasteiger partial charge in [-0.25, -0.2) is 0 Å². The highest BCUT2D eigenvalue weighted by Crippen LogP contribution is 2.60. The van der Waals surface area contributed by atoms with E-state index in [1.54, 1.807) is 0 Å². The Kier molecular flexibility index (Phi) is 10.8. The van der Waals surface area contributed by atoms with Crippen LogP contribution in [0.3, 0.4) is 0 Å². The molecule has 0 amide bonds. The quantitative estimate of drug-likeness (QED) is 0.164. The van der Waals surface area contributed by atoms with Crippen LogP contribution in [0.1, 0.15) is 150 Å². The van der Waals surface area contributed by atoms with Crippen molar-refractivity contribution >= 4 is 79.8 Å². The molecule has 1 saturated carbocycles. The second-order valence-corrected chi connectivity index (χ2v) is 27.2. The first-order valence-electron chi connectivity index (χ1n) is 27.6. The maximum Gasteiger partial charge on any atom is 0.297 e. The van der Waals surface area contributed by atoms with Gasteiger partial charge in [0.1, 0.15) is 5.58 Å². The van der Waals surface area contributed by atoms with Gasteiger partial charge in [-0.1, -0.05) is 182 Å². The van der Waals surface area contributed by atoms with Crippen LogP contribution >= 0.6 is 0 Å². The van der Waals surface area contributed by atoms with Crippen molar-refractivity contribution in [2.45, 2.75) is 156 Å². The number of hydrogen-bond donors (Lipinski definition) is 0. The van der Waals surface area contributed by atoms with E-state index in [1.807, 2.05) is 0 Å². The van der Waals surface area contributed by atoms with E-state index in [0.29, 0.717) is 0 Å². The molecule has 0 spiro atoms. The Labute approximate surface area is 442 Å². The molecule has 2 unspecified atom stereocenters. The maximum atomic E-state index is 7.48. The third kappa shape index (κ3) is 7.60. The van der Waals surface area contributed by atoms with Crippen molar-refractivity contribution in [3.63, 3.8) is 0 Å². The van der Waals surface area contributed by atoms with Crippen molar-refractivity contribution in [1.29, 1.82) is 0 Å². The molecule has 12 rings (SSSR count). The summed E-state index contributed by atoms with van der Waals surface area (Å²) < 4.78 is 7.48. The molecule has 8 aromatic rings. The molecule has 0 saturated heterocycles. The van der Waals surface area contributed by atoms with Gasteiger partial charge < -0.3 is 19.1 Å². The molecule has 4 nitrogen and oxygen atoms in total. The lowest BCUT2D eigenvalue weighted by Crippen LogP contribution is -2.62. The topological polar surface area (TPSA) is 22.9 Å². The summed E-state index contributed by atoms with van der Waals surface area (Å²) >= 11 is 0. The number of hydrogen-bond acceptors (Lipinski definition) is 4. The Hall–Kier alpha value is -6.46. The van der Waals surface area contributed by atoms with Gasteiger partial charge in [0.25, 0.3) is 6.71 Å².